The smallest absolute Gasteiger partial charge is 0.308 e. The number of carbonyl (C=O) groups is 3. The van der Waals surface area contributed by atoms with Gasteiger partial charge >= 0.3 is 6.03 Å². The van der Waals surface area contributed by atoms with Gasteiger partial charge in [0.05, 0.1) is 11.4 Å². The molecule has 0 radical (unpaired) electrons. The Hall–Kier alpha value is -6.05. The highest BCUT2D eigenvalue weighted by Crippen LogP contribution is 2.37. The van der Waals surface area contributed by atoms with Crippen LogP contribution in [0.1, 0.15) is 53.5 Å². The number of fused-ring (bicyclic) bond motifs is 2. The topological polar surface area (TPSA) is 317 Å². The molecule has 0 bridgehead atoms. The molecule has 300 valence electrons. The van der Waals surface area contributed by atoms with Crippen LogP contribution in [0.5, 0.6) is 0 Å². The van der Waals surface area contributed by atoms with Crippen LogP contribution in [0.4, 0.5) is 16.2 Å². The van der Waals surface area contributed by atoms with Crippen molar-refractivity contribution in [3.8, 4) is 0 Å². The first-order valence-electron chi connectivity index (χ1n) is 16.1. The van der Waals surface area contributed by atoms with Gasteiger partial charge in [-0.1, -0.05) is 48.6 Å². The van der Waals surface area contributed by atoms with E-state index in [1.54, 1.807) is 0 Å². The maximum atomic E-state index is 13.2. The molecule has 4 aromatic carbocycles. The molecular formula is C35H26N4O15S4. The lowest BCUT2D eigenvalue weighted by Gasteiger charge is -2.22. The van der Waals surface area contributed by atoms with E-state index in [9.17, 15) is 66.3 Å². The molecule has 6 N–H and O–H groups in total. The van der Waals surface area contributed by atoms with Crippen LogP contribution in [0.2, 0.25) is 0 Å². The number of amides is 4. The fourth-order valence-electron chi connectivity index (χ4n) is 6.15. The average Bonchev–Trinajstić information content (AvgIpc) is 3.12. The van der Waals surface area contributed by atoms with Crippen molar-refractivity contribution in [3.63, 3.8) is 0 Å². The molecular weight excluding hydrogens is 845 g/mol. The van der Waals surface area contributed by atoms with Gasteiger partial charge < -0.3 is 10.6 Å². The van der Waals surface area contributed by atoms with Crippen molar-refractivity contribution < 1.29 is 66.3 Å². The average molecular weight is 871 g/mol. The molecule has 0 aliphatic heterocycles. The zero-order chi connectivity index (χ0) is 42.4. The molecule has 0 heterocycles. The second-order valence-corrected chi connectivity index (χ2v) is 18.1. The highest BCUT2D eigenvalue weighted by molar-refractivity contribution is 7.87. The van der Waals surface area contributed by atoms with Crippen molar-refractivity contribution >= 4 is 93.3 Å². The maximum absolute atomic E-state index is 13.2. The van der Waals surface area contributed by atoms with Gasteiger partial charge in [0.15, 0.2) is 10.5 Å². The van der Waals surface area contributed by atoms with E-state index < -0.39 is 90.0 Å². The number of nitrogens with zero attached hydrogens (tertiary/aromatic N) is 2. The molecule has 2 atom stereocenters. The van der Waals surface area contributed by atoms with Crippen LogP contribution in [0.15, 0.2) is 117 Å². The fraction of sp³-hybridized carbons (Fsp3) is 0.0571. The minimum atomic E-state index is -5.04. The third-order valence-electron chi connectivity index (χ3n) is 8.49. The largest absolute Gasteiger partial charge is 0.323 e. The number of allylic oxidation sites excluding steroid dienone is 2. The SMILES string of the molecule is O=C(Nc1cccc(C(=O)N=C2C=Cc3c(cccc3S(=O)(=O)O)C2S(=O)(=O)O)c1)Nc1cccc(C(=O)N=C2C=Cc3c(cccc3S(=O)(=O)O)C2S(=O)(=O)O)c1. The quantitative estimate of drug-likeness (QED) is 0.135. The van der Waals surface area contributed by atoms with Crippen LogP contribution in [0, 0.1) is 0 Å². The monoisotopic (exact) mass is 870 g/mol. The summed E-state index contributed by atoms with van der Waals surface area (Å²) in [5.74, 6) is -2.04. The third-order valence-corrected chi connectivity index (χ3v) is 12.5. The molecule has 19 nitrogen and oxygen atoms in total. The Morgan fingerprint density at radius 1 is 0.500 bits per heavy atom. The number of rotatable bonds is 8. The van der Waals surface area contributed by atoms with Crippen LogP contribution in [-0.4, -0.2) is 81.2 Å². The summed E-state index contributed by atoms with van der Waals surface area (Å²) in [7, 11) is -19.7. The number of carbonyl (C=O) groups excluding carboxylic acids is 3. The van der Waals surface area contributed by atoms with E-state index in [4.69, 9.17) is 0 Å². The lowest BCUT2D eigenvalue weighted by atomic mass is 9.95. The summed E-state index contributed by atoms with van der Waals surface area (Å²) in [6.07, 6.45) is 4.20. The van der Waals surface area contributed by atoms with Crippen LogP contribution in [0.25, 0.3) is 12.2 Å². The molecule has 23 heteroatoms. The van der Waals surface area contributed by atoms with E-state index in [2.05, 4.69) is 20.6 Å². The van der Waals surface area contributed by atoms with Crippen molar-refractivity contribution in [2.24, 2.45) is 9.98 Å². The molecule has 0 aromatic heterocycles. The zero-order valence-electron chi connectivity index (χ0n) is 28.9. The Labute approximate surface area is 329 Å². The molecule has 2 unspecified atom stereocenters. The van der Waals surface area contributed by atoms with E-state index in [1.807, 2.05) is 0 Å². The Bertz CT molecular complexity index is 2830. The van der Waals surface area contributed by atoms with Crippen LogP contribution in [0.3, 0.4) is 0 Å². The maximum Gasteiger partial charge on any atom is 0.323 e. The minimum absolute atomic E-state index is 0.0358. The predicted octanol–water partition coefficient (Wildman–Crippen LogP) is 4.30. The van der Waals surface area contributed by atoms with Crippen molar-refractivity contribution in [1.29, 1.82) is 0 Å². The van der Waals surface area contributed by atoms with Crippen molar-refractivity contribution in [1.82, 2.24) is 0 Å². The first-order valence-corrected chi connectivity index (χ1v) is 21.9. The lowest BCUT2D eigenvalue weighted by molar-refractivity contribution is 0.0994. The van der Waals surface area contributed by atoms with Gasteiger partial charge in [0.25, 0.3) is 52.3 Å². The summed E-state index contributed by atoms with van der Waals surface area (Å²) in [5.41, 5.74) is -2.22. The van der Waals surface area contributed by atoms with Crippen LogP contribution in [-0.2, 0) is 40.5 Å². The predicted molar refractivity (Wildman–Crippen MR) is 208 cm³/mol. The van der Waals surface area contributed by atoms with E-state index in [0.717, 1.165) is 48.6 Å². The molecule has 4 amide bonds. The summed E-state index contributed by atoms with van der Waals surface area (Å²) in [6.45, 7) is 0. The summed E-state index contributed by atoms with van der Waals surface area (Å²) in [5, 5.41) is 0.919. The second-order valence-electron chi connectivity index (χ2n) is 12.3. The van der Waals surface area contributed by atoms with Gasteiger partial charge in [0.2, 0.25) is 0 Å². The van der Waals surface area contributed by atoms with Gasteiger partial charge in [0, 0.05) is 33.6 Å². The number of hydrogen-bond donors (Lipinski definition) is 6. The second kappa shape index (κ2) is 15.4. The number of nitrogens with one attached hydrogen (secondary N) is 2. The van der Waals surface area contributed by atoms with Gasteiger partial charge in [-0.05, 0) is 71.8 Å². The van der Waals surface area contributed by atoms with Gasteiger partial charge in [-0.25, -0.2) is 14.8 Å². The molecule has 2 aliphatic rings. The van der Waals surface area contributed by atoms with Crippen molar-refractivity contribution in [2.45, 2.75) is 20.3 Å². The van der Waals surface area contributed by atoms with E-state index in [0.29, 0.717) is 0 Å². The van der Waals surface area contributed by atoms with Crippen LogP contribution < -0.4 is 10.6 Å². The molecule has 0 spiro atoms. The summed E-state index contributed by atoms with van der Waals surface area (Å²) < 4.78 is 136. The Morgan fingerprint density at radius 2 is 0.862 bits per heavy atom. The molecule has 6 rings (SSSR count). The highest BCUT2D eigenvalue weighted by atomic mass is 32.2. The summed E-state index contributed by atoms with van der Waals surface area (Å²) >= 11 is 0. The lowest BCUT2D eigenvalue weighted by Crippen LogP contribution is -2.25. The number of anilines is 2. The molecule has 0 saturated heterocycles. The number of hydrogen-bond acceptors (Lipinski definition) is 11. The fourth-order valence-corrected chi connectivity index (χ4v) is 9.51. The van der Waals surface area contributed by atoms with Crippen LogP contribution >= 0.6 is 0 Å². The Kier molecular flexibility index (Phi) is 11.0. The van der Waals surface area contributed by atoms with E-state index >= 15 is 0 Å². The first-order chi connectivity index (χ1) is 27.0. The molecule has 0 fully saturated rings. The third kappa shape index (κ3) is 8.90. The number of aliphatic imine (C=N–C) groups is 2. The summed E-state index contributed by atoms with van der Waals surface area (Å²) in [4.78, 5) is 45.7. The van der Waals surface area contributed by atoms with Crippen molar-refractivity contribution in [3.05, 3.63) is 130 Å². The normalized spacial score (nSPS) is 18.0. The Morgan fingerprint density at radius 3 is 1.21 bits per heavy atom. The number of benzene rings is 4. The van der Waals surface area contributed by atoms with Crippen molar-refractivity contribution in [2.75, 3.05) is 10.6 Å². The highest BCUT2D eigenvalue weighted by Gasteiger charge is 2.37. The number of urea groups is 1. The van der Waals surface area contributed by atoms with E-state index in [-0.39, 0.29) is 44.8 Å². The molecule has 4 aromatic rings. The van der Waals surface area contributed by atoms with Gasteiger partial charge in [-0.3, -0.25) is 27.8 Å². The van der Waals surface area contributed by atoms with Gasteiger partial charge in [-0.2, -0.15) is 33.7 Å². The standard InChI is InChI=1S/C35H26N4O15S4/c40-33(38-27-15-13-23-25(31(27)57(49,50)51)9-3-11-29(23)55(43,44)45)19-5-1-7-21(17-19)36-35(42)37-22-8-2-6-20(18-22)34(41)39-28-16-14-24-26(32(28)58(52,53)54)10-4-12-30(24)56(46,47)48/h1-18,31-32H,(H2,36,37,42)(H,43,44,45)(H,46,47,48)(H,49,50,51)(H,52,53,54). The Balaban J connectivity index is 1.19. The molecule has 2 aliphatic carbocycles. The first kappa shape index (κ1) is 41.6. The molecule has 0 saturated carbocycles. The van der Waals surface area contributed by atoms with E-state index in [1.165, 1.54) is 60.7 Å². The minimum Gasteiger partial charge on any atom is -0.308 e. The van der Waals surface area contributed by atoms with Gasteiger partial charge in [-0.15, -0.1) is 0 Å². The van der Waals surface area contributed by atoms with Gasteiger partial charge in [0.1, 0.15) is 9.79 Å². The summed E-state index contributed by atoms with van der Waals surface area (Å²) in [6, 6.07) is 16.2. The zero-order valence-corrected chi connectivity index (χ0v) is 32.1. The molecule has 58 heavy (non-hydrogen) atoms.